The van der Waals surface area contributed by atoms with Gasteiger partial charge in [-0.25, -0.2) is 9.97 Å². The van der Waals surface area contributed by atoms with Crippen LogP contribution in [0.1, 0.15) is 29.8 Å². The van der Waals surface area contributed by atoms with Crippen LogP contribution in [0.15, 0.2) is 24.3 Å². The van der Waals surface area contributed by atoms with Crippen molar-refractivity contribution in [3.8, 4) is 5.75 Å². The first-order chi connectivity index (χ1) is 12.4. The van der Waals surface area contributed by atoms with Crippen LogP contribution < -0.4 is 15.0 Å². The average Bonchev–Trinajstić information content (AvgIpc) is 3.36. The normalized spacial score (nSPS) is 17.0. The fraction of sp³-hybridized carbons (Fsp3) is 0.444. The van der Waals surface area contributed by atoms with E-state index in [1.54, 1.807) is 6.07 Å². The zero-order chi connectivity index (χ0) is 18.3. The summed E-state index contributed by atoms with van der Waals surface area (Å²) in [6.45, 7) is 3.09. The SMILES string of the molecule is Cc1nc(NC2CC2)cc(N2CCc3ccc(OC(F)(F)F)cc3C2)n1. The first kappa shape index (κ1) is 16.9. The monoisotopic (exact) mass is 364 g/mol. The Hall–Kier alpha value is -2.51. The van der Waals surface area contributed by atoms with Gasteiger partial charge in [0.1, 0.15) is 23.2 Å². The van der Waals surface area contributed by atoms with Gasteiger partial charge < -0.3 is 15.0 Å². The number of aryl methyl sites for hydroxylation is 1. The van der Waals surface area contributed by atoms with Crippen molar-refractivity contribution in [3.05, 3.63) is 41.2 Å². The number of alkyl halides is 3. The first-order valence-corrected chi connectivity index (χ1v) is 8.60. The molecule has 26 heavy (non-hydrogen) atoms. The van der Waals surface area contributed by atoms with Gasteiger partial charge in [-0.3, -0.25) is 0 Å². The summed E-state index contributed by atoms with van der Waals surface area (Å²) >= 11 is 0. The summed E-state index contributed by atoms with van der Waals surface area (Å²) in [4.78, 5) is 11.0. The number of hydrogen-bond acceptors (Lipinski definition) is 5. The summed E-state index contributed by atoms with van der Waals surface area (Å²) in [5.74, 6) is 2.07. The summed E-state index contributed by atoms with van der Waals surface area (Å²) in [5, 5.41) is 3.37. The quantitative estimate of drug-likeness (QED) is 0.894. The third kappa shape index (κ3) is 4.00. The number of anilines is 2. The van der Waals surface area contributed by atoms with Gasteiger partial charge in [0.2, 0.25) is 0 Å². The molecule has 2 heterocycles. The lowest BCUT2D eigenvalue weighted by Crippen LogP contribution is -2.31. The molecule has 5 nitrogen and oxygen atoms in total. The molecule has 138 valence electrons. The Labute approximate surface area is 149 Å². The van der Waals surface area contributed by atoms with Crippen LogP contribution in [-0.2, 0) is 13.0 Å². The summed E-state index contributed by atoms with van der Waals surface area (Å²) in [7, 11) is 0. The minimum absolute atomic E-state index is 0.187. The molecule has 0 amide bonds. The largest absolute Gasteiger partial charge is 0.573 e. The summed E-state index contributed by atoms with van der Waals surface area (Å²) < 4.78 is 41.4. The molecule has 1 aliphatic carbocycles. The first-order valence-electron chi connectivity index (χ1n) is 8.60. The van der Waals surface area contributed by atoms with Crippen molar-refractivity contribution in [3.63, 3.8) is 0 Å². The maximum atomic E-state index is 12.5. The topological polar surface area (TPSA) is 50.3 Å². The van der Waals surface area contributed by atoms with Gasteiger partial charge in [-0.15, -0.1) is 13.2 Å². The summed E-state index contributed by atoms with van der Waals surface area (Å²) in [6.07, 6.45) is -1.64. The molecule has 0 bridgehead atoms. The van der Waals surface area contributed by atoms with Crippen LogP contribution in [0, 0.1) is 6.92 Å². The maximum Gasteiger partial charge on any atom is 0.573 e. The molecular weight excluding hydrogens is 345 g/mol. The predicted molar refractivity (Wildman–Crippen MR) is 91.3 cm³/mol. The van der Waals surface area contributed by atoms with E-state index >= 15 is 0 Å². The summed E-state index contributed by atoms with van der Waals surface area (Å²) in [6, 6.07) is 6.94. The van der Waals surface area contributed by atoms with E-state index in [2.05, 4.69) is 24.9 Å². The Morgan fingerprint density at radius 2 is 1.96 bits per heavy atom. The fourth-order valence-electron chi connectivity index (χ4n) is 3.15. The van der Waals surface area contributed by atoms with Crippen LogP contribution in [0.25, 0.3) is 0 Å². The number of aromatic nitrogens is 2. The van der Waals surface area contributed by atoms with E-state index in [1.165, 1.54) is 12.1 Å². The van der Waals surface area contributed by atoms with Crippen LogP contribution in [0.5, 0.6) is 5.75 Å². The van der Waals surface area contributed by atoms with Gasteiger partial charge in [0, 0.05) is 25.2 Å². The molecule has 8 heteroatoms. The molecule has 1 fully saturated rings. The molecule has 1 aromatic heterocycles. The van der Waals surface area contributed by atoms with Gasteiger partial charge in [-0.1, -0.05) is 6.07 Å². The lowest BCUT2D eigenvalue weighted by Gasteiger charge is -2.30. The minimum Gasteiger partial charge on any atom is -0.406 e. The van der Waals surface area contributed by atoms with Crippen LogP contribution >= 0.6 is 0 Å². The Morgan fingerprint density at radius 3 is 2.69 bits per heavy atom. The number of halogens is 3. The van der Waals surface area contributed by atoms with Gasteiger partial charge in [-0.2, -0.15) is 0 Å². The van der Waals surface area contributed by atoms with Crippen molar-refractivity contribution < 1.29 is 17.9 Å². The van der Waals surface area contributed by atoms with Crippen LogP contribution in [-0.4, -0.2) is 28.9 Å². The Bertz CT molecular complexity index is 821. The van der Waals surface area contributed by atoms with Crippen molar-refractivity contribution in [1.82, 2.24) is 9.97 Å². The highest BCUT2D eigenvalue weighted by atomic mass is 19.4. The zero-order valence-corrected chi connectivity index (χ0v) is 14.3. The van der Waals surface area contributed by atoms with Crippen molar-refractivity contribution in [2.75, 3.05) is 16.8 Å². The lowest BCUT2D eigenvalue weighted by atomic mass is 9.99. The molecule has 0 saturated heterocycles. The van der Waals surface area contributed by atoms with E-state index < -0.39 is 6.36 Å². The molecule has 2 aromatic rings. The van der Waals surface area contributed by atoms with E-state index in [9.17, 15) is 13.2 Å². The number of hydrogen-bond donors (Lipinski definition) is 1. The number of nitrogens with one attached hydrogen (secondary N) is 1. The van der Waals surface area contributed by atoms with E-state index in [1.807, 2.05) is 13.0 Å². The van der Waals surface area contributed by atoms with Gasteiger partial charge in [0.15, 0.2) is 0 Å². The molecule has 1 saturated carbocycles. The molecule has 0 radical (unpaired) electrons. The van der Waals surface area contributed by atoms with E-state index in [0.29, 0.717) is 18.4 Å². The van der Waals surface area contributed by atoms with Gasteiger partial charge in [-0.05, 0) is 49.4 Å². The van der Waals surface area contributed by atoms with Crippen LogP contribution in [0.2, 0.25) is 0 Å². The molecule has 1 N–H and O–H groups in total. The molecule has 0 unspecified atom stereocenters. The predicted octanol–water partition coefficient (Wildman–Crippen LogP) is 3.82. The molecule has 2 aliphatic rings. The average molecular weight is 364 g/mol. The maximum absolute atomic E-state index is 12.5. The molecule has 4 rings (SSSR count). The van der Waals surface area contributed by atoms with E-state index in [0.717, 1.165) is 48.6 Å². The highest BCUT2D eigenvalue weighted by molar-refractivity contribution is 5.52. The van der Waals surface area contributed by atoms with Crippen molar-refractivity contribution in [2.45, 2.75) is 45.1 Å². The minimum atomic E-state index is -4.68. The van der Waals surface area contributed by atoms with Gasteiger partial charge in [0.05, 0.1) is 0 Å². The smallest absolute Gasteiger partial charge is 0.406 e. The second-order valence-corrected chi connectivity index (χ2v) is 6.73. The lowest BCUT2D eigenvalue weighted by molar-refractivity contribution is -0.274. The fourth-order valence-corrected chi connectivity index (χ4v) is 3.15. The molecule has 1 aromatic carbocycles. The number of nitrogens with zero attached hydrogens (tertiary/aromatic N) is 3. The Kier molecular flexibility index (Phi) is 4.13. The Morgan fingerprint density at radius 1 is 1.15 bits per heavy atom. The Balaban J connectivity index is 1.55. The van der Waals surface area contributed by atoms with Crippen molar-refractivity contribution >= 4 is 11.6 Å². The van der Waals surface area contributed by atoms with E-state index in [-0.39, 0.29) is 5.75 Å². The number of ether oxygens (including phenoxy) is 1. The molecular formula is C18H19F3N4O. The standard InChI is InChI=1S/C18H19F3N4O/c1-11-22-16(24-14-3-4-14)9-17(23-11)25-7-6-12-2-5-15(8-13(12)10-25)26-18(19,20)21/h2,5,8-9,14H,3-4,6-7,10H2,1H3,(H,22,23,24). The second kappa shape index (κ2) is 6.34. The second-order valence-electron chi connectivity index (χ2n) is 6.73. The molecule has 0 spiro atoms. The van der Waals surface area contributed by atoms with Crippen LogP contribution in [0.4, 0.5) is 24.8 Å². The highest BCUT2D eigenvalue weighted by Crippen LogP contribution is 2.31. The van der Waals surface area contributed by atoms with Crippen molar-refractivity contribution in [1.29, 1.82) is 0 Å². The molecule has 0 atom stereocenters. The number of rotatable bonds is 4. The molecule has 1 aliphatic heterocycles. The zero-order valence-electron chi connectivity index (χ0n) is 14.3. The number of benzene rings is 1. The van der Waals surface area contributed by atoms with Crippen molar-refractivity contribution in [2.24, 2.45) is 0 Å². The van der Waals surface area contributed by atoms with Gasteiger partial charge in [0.25, 0.3) is 0 Å². The van der Waals surface area contributed by atoms with Crippen LogP contribution in [0.3, 0.4) is 0 Å². The van der Waals surface area contributed by atoms with Gasteiger partial charge >= 0.3 is 6.36 Å². The third-order valence-electron chi connectivity index (χ3n) is 4.50. The third-order valence-corrected chi connectivity index (χ3v) is 4.50. The van der Waals surface area contributed by atoms with E-state index in [4.69, 9.17) is 0 Å². The highest BCUT2D eigenvalue weighted by Gasteiger charge is 2.31. The number of fused-ring (bicyclic) bond motifs is 1. The summed E-state index contributed by atoms with van der Waals surface area (Å²) in [5.41, 5.74) is 1.86.